The van der Waals surface area contributed by atoms with Crippen molar-refractivity contribution in [2.75, 3.05) is 0 Å². The van der Waals surface area contributed by atoms with E-state index in [1.807, 2.05) is 13.8 Å². The van der Waals surface area contributed by atoms with Gasteiger partial charge in [-0.1, -0.05) is 29.8 Å². The molecular weight excluding hydrogens is 368 g/mol. The van der Waals surface area contributed by atoms with Gasteiger partial charge in [0, 0.05) is 15.2 Å². The highest BCUT2D eigenvalue weighted by Crippen LogP contribution is 2.28. The van der Waals surface area contributed by atoms with Gasteiger partial charge in [-0.15, -0.1) is 0 Å². The van der Waals surface area contributed by atoms with E-state index >= 15 is 0 Å². The summed E-state index contributed by atoms with van der Waals surface area (Å²) in [6.45, 7) is 7.17. The zero-order chi connectivity index (χ0) is 15.7. The fraction of sp³-hybridized carbons (Fsp3) is 0.462. The van der Waals surface area contributed by atoms with Gasteiger partial charge in [0.25, 0.3) is 9.05 Å². The SMILES string of the molecule is Cc1c(C(=O)OC(C)C(C)C)cc(Br)cc1S(=O)(=O)Cl. The summed E-state index contributed by atoms with van der Waals surface area (Å²) < 4.78 is 28.8. The van der Waals surface area contributed by atoms with Gasteiger partial charge in [-0.25, -0.2) is 13.2 Å². The number of benzene rings is 1. The number of carbonyl (C=O) groups excluding carboxylic acids is 1. The molecule has 0 N–H and O–H groups in total. The van der Waals surface area contributed by atoms with Crippen LogP contribution in [-0.4, -0.2) is 20.5 Å². The molecule has 112 valence electrons. The molecule has 0 aliphatic heterocycles. The van der Waals surface area contributed by atoms with E-state index in [4.69, 9.17) is 15.4 Å². The monoisotopic (exact) mass is 382 g/mol. The molecule has 1 atom stereocenters. The second-order valence-electron chi connectivity index (χ2n) is 4.87. The Kier molecular flexibility index (Phi) is 5.63. The van der Waals surface area contributed by atoms with E-state index in [9.17, 15) is 13.2 Å². The fourth-order valence-corrected chi connectivity index (χ4v) is 3.32. The fourth-order valence-electron chi connectivity index (χ4n) is 1.49. The van der Waals surface area contributed by atoms with Crippen LogP contribution < -0.4 is 0 Å². The Labute approximate surface area is 132 Å². The smallest absolute Gasteiger partial charge is 0.338 e. The minimum absolute atomic E-state index is 0.0994. The molecule has 0 bridgehead atoms. The molecule has 0 aromatic heterocycles. The molecule has 0 heterocycles. The Morgan fingerprint density at radius 3 is 2.30 bits per heavy atom. The Balaban J connectivity index is 3.26. The number of halogens is 2. The standard InChI is InChI=1S/C13H16BrClO4S/c1-7(2)9(4)19-13(16)11-5-10(14)6-12(8(11)3)20(15,17)18/h5-7,9H,1-4H3. The lowest BCUT2D eigenvalue weighted by atomic mass is 10.1. The van der Waals surface area contributed by atoms with Gasteiger partial charge in [0.15, 0.2) is 0 Å². The summed E-state index contributed by atoms with van der Waals surface area (Å²) in [7, 11) is 1.45. The molecule has 1 aromatic carbocycles. The van der Waals surface area contributed by atoms with E-state index in [0.717, 1.165) is 0 Å². The Hall–Kier alpha value is -0.590. The van der Waals surface area contributed by atoms with Crippen LogP contribution in [0, 0.1) is 12.8 Å². The van der Waals surface area contributed by atoms with Gasteiger partial charge < -0.3 is 4.74 Å². The zero-order valence-electron chi connectivity index (χ0n) is 11.6. The summed E-state index contributed by atoms with van der Waals surface area (Å²) in [6, 6.07) is 2.89. The van der Waals surface area contributed by atoms with Crippen LogP contribution in [0.15, 0.2) is 21.5 Å². The first-order valence-corrected chi connectivity index (χ1v) is 9.10. The molecule has 1 rings (SSSR count). The van der Waals surface area contributed by atoms with E-state index in [0.29, 0.717) is 4.47 Å². The van der Waals surface area contributed by atoms with Crippen LogP contribution in [0.25, 0.3) is 0 Å². The van der Waals surface area contributed by atoms with E-state index < -0.39 is 15.0 Å². The highest BCUT2D eigenvalue weighted by atomic mass is 79.9. The quantitative estimate of drug-likeness (QED) is 0.584. The highest BCUT2D eigenvalue weighted by Gasteiger charge is 2.23. The van der Waals surface area contributed by atoms with Crippen molar-refractivity contribution in [3.63, 3.8) is 0 Å². The number of hydrogen-bond donors (Lipinski definition) is 0. The summed E-state index contributed by atoms with van der Waals surface area (Å²) in [6.07, 6.45) is -0.267. The first-order chi connectivity index (χ1) is 9.04. The molecule has 0 aliphatic rings. The second-order valence-corrected chi connectivity index (χ2v) is 8.32. The van der Waals surface area contributed by atoms with Crippen molar-refractivity contribution < 1.29 is 17.9 Å². The summed E-state index contributed by atoms with van der Waals surface area (Å²) in [5, 5.41) is 0. The van der Waals surface area contributed by atoms with Crippen molar-refractivity contribution in [2.24, 2.45) is 5.92 Å². The maximum absolute atomic E-state index is 12.1. The minimum Gasteiger partial charge on any atom is -0.459 e. The maximum Gasteiger partial charge on any atom is 0.338 e. The lowest BCUT2D eigenvalue weighted by Crippen LogP contribution is -2.21. The zero-order valence-corrected chi connectivity index (χ0v) is 14.8. The normalized spacial score (nSPS) is 13.3. The van der Waals surface area contributed by atoms with Crippen LogP contribution in [0.2, 0.25) is 0 Å². The molecule has 20 heavy (non-hydrogen) atoms. The average Bonchev–Trinajstić information content (AvgIpc) is 2.29. The lowest BCUT2D eigenvalue weighted by molar-refractivity contribution is 0.0237. The van der Waals surface area contributed by atoms with Gasteiger partial charge in [-0.05, 0) is 37.5 Å². The van der Waals surface area contributed by atoms with Gasteiger partial charge in [0.1, 0.15) is 6.10 Å². The molecule has 0 spiro atoms. The molecule has 0 saturated carbocycles. The van der Waals surface area contributed by atoms with Crippen LogP contribution in [0.4, 0.5) is 0 Å². The summed E-state index contributed by atoms with van der Waals surface area (Å²) >= 11 is 3.17. The lowest BCUT2D eigenvalue weighted by Gasteiger charge is -2.18. The Bertz CT molecular complexity index is 626. The van der Waals surface area contributed by atoms with Gasteiger partial charge >= 0.3 is 5.97 Å². The van der Waals surface area contributed by atoms with Gasteiger partial charge in [-0.3, -0.25) is 0 Å². The summed E-state index contributed by atoms with van der Waals surface area (Å²) in [5.41, 5.74) is 0.468. The molecule has 0 fully saturated rings. The van der Waals surface area contributed by atoms with E-state index in [2.05, 4.69) is 15.9 Å². The van der Waals surface area contributed by atoms with Crippen molar-refractivity contribution in [2.45, 2.75) is 38.7 Å². The van der Waals surface area contributed by atoms with Crippen molar-refractivity contribution in [3.05, 3.63) is 27.7 Å². The van der Waals surface area contributed by atoms with Crippen molar-refractivity contribution >= 4 is 41.6 Å². The third-order valence-electron chi connectivity index (χ3n) is 3.04. The third kappa shape index (κ3) is 4.20. The number of hydrogen-bond acceptors (Lipinski definition) is 4. The molecular formula is C13H16BrClO4S. The maximum atomic E-state index is 12.1. The first-order valence-electron chi connectivity index (χ1n) is 5.99. The first kappa shape index (κ1) is 17.5. The number of carbonyl (C=O) groups is 1. The molecule has 1 aromatic rings. The molecule has 0 radical (unpaired) electrons. The Morgan fingerprint density at radius 2 is 1.85 bits per heavy atom. The van der Waals surface area contributed by atoms with Crippen LogP contribution in [-0.2, 0) is 13.8 Å². The van der Waals surface area contributed by atoms with Gasteiger partial charge in [-0.2, -0.15) is 0 Å². The van der Waals surface area contributed by atoms with Crippen LogP contribution in [0.5, 0.6) is 0 Å². The van der Waals surface area contributed by atoms with Crippen molar-refractivity contribution in [3.8, 4) is 0 Å². The number of esters is 1. The summed E-state index contributed by atoms with van der Waals surface area (Å²) in [4.78, 5) is 12.0. The predicted molar refractivity (Wildman–Crippen MR) is 81.6 cm³/mol. The molecule has 0 aliphatic carbocycles. The molecule has 0 saturated heterocycles. The van der Waals surface area contributed by atoms with E-state index in [1.165, 1.54) is 19.1 Å². The van der Waals surface area contributed by atoms with Crippen molar-refractivity contribution in [1.29, 1.82) is 0 Å². The predicted octanol–water partition coefficient (Wildman–Crippen LogP) is 3.89. The molecule has 0 amide bonds. The van der Waals surface area contributed by atoms with Gasteiger partial charge in [0.2, 0.25) is 0 Å². The molecule has 7 heteroatoms. The van der Waals surface area contributed by atoms with Crippen LogP contribution in [0.1, 0.15) is 36.7 Å². The largest absolute Gasteiger partial charge is 0.459 e. The number of ether oxygens (including phenoxy) is 1. The van der Waals surface area contributed by atoms with Crippen LogP contribution >= 0.6 is 26.6 Å². The molecule has 4 nitrogen and oxygen atoms in total. The van der Waals surface area contributed by atoms with E-state index in [-0.39, 0.29) is 28.0 Å². The molecule has 1 unspecified atom stereocenters. The van der Waals surface area contributed by atoms with E-state index in [1.54, 1.807) is 6.92 Å². The highest BCUT2D eigenvalue weighted by molar-refractivity contribution is 9.10. The Morgan fingerprint density at radius 1 is 1.30 bits per heavy atom. The second kappa shape index (κ2) is 6.45. The van der Waals surface area contributed by atoms with Crippen LogP contribution in [0.3, 0.4) is 0 Å². The van der Waals surface area contributed by atoms with Gasteiger partial charge in [0.05, 0.1) is 10.5 Å². The van der Waals surface area contributed by atoms with Crippen molar-refractivity contribution in [1.82, 2.24) is 0 Å². The minimum atomic E-state index is -3.92. The average molecular weight is 384 g/mol. The number of rotatable bonds is 4. The topological polar surface area (TPSA) is 60.4 Å². The third-order valence-corrected chi connectivity index (χ3v) is 4.95. The summed E-state index contributed by atoms with van der Waals surface area (Å²) in [5.74, 6) is -0.394.